The van der Waals surface area contributed by atoms with Gasteiger partial charge in [0.15, 0.2) is 0 Å². The van der Waals surface area contributed by atoms with Crippen molar-refractivity contribution in [3.8, 4) is 0 Å². The predicted octanol–water partition coefficient (Wildman–Crippen LogP) is 4.29. The second-order valence-electron chi connectivity index (χ2n) is 4.59. The molecule has 0 saturated carbocycles. The van der Waals surface area contributed by atoms with Crippen molar-refractivity contribution in [2.45, 2.75) is 52.5 Å². The zero-order valence-corrected chi connectivity index (χ0v) is 11.4. The summed E-state index contributed by atoms with van der Waals surface area (Å²) >= 11 is 0. The maximum Gasteiger partial charge on any atom is 0.105 e. The van der Waals surface area contributed by atoms with E-state index in [2.05, 4.69) is 31.8 Å². The van der Waals surface area contributed by atoms with Crippen LogP contribution in [0.15, 0.2) is 23.1 Å². The van der Waals surface area contributed by atoms with Gasteiger partial charge < -0.3 is 9.73 Å². The molecule has 1 atom stereocenters. The molecule has 0 fully saturated rings. The first-order valence-corrected chi connectivity index (χ1v) is 6.60. The first-order valence-electron chi connectivity index (χ1n) is 6.60. The minimum Gasteiger partial charge on any atom is -0.466 e. The topological polar surface area (TPSA) is 25.2 Å². The van der Waals surface area contributed by atoms with Gasteiger partial charge in [0, 0.05) is 11.6 Å². The summed E-state index contributed by atoms with van der Waals surface area (Å²) in [6.45, 7) is 11.1. The van der Waals surface area contributed by atoms with Gasteiger partial charge in [0.1, 0.15) is 11.5 Å². The molecule has 0 spiro atoms. The zero-order valence-electron chi connectivity index (χ0n) is 11.4. The summed E-state index contributed by atoms with van der Waals surface area (Å²) in [6.07, 6.45) is 6.55. The summed E-state index contributed by atoms with van der Waals surface area (Å²) in [5.41, 5.74) is 1.32. The van der Waals surface area contributed by atoms with E-state index in [0.29, 0.717) is 6.04 Å². The normalized spacial score (nSPS) is 12.6. The number of aryl methyl sites for hydroxylation is 2. The number of nitrogens with one attached hydrogen (secondary N) is 1. The molecule has 96 valence electrons. The molecule has 0 saturated heterocycles. The average Bonchev–Trinajstić information content (AvgIpc) is 2.63. The number of rotatable bonds is 8. The maximum absolute atomic E-state index is 5.62. The Balaban J connectivity index is 2.67. The second kappa shape index (κ2) is 7.33. The highest BCUT2D eigenvalue weighted by atomic mass is 16.3. The van der Waals surface area contributed by atoms with Gasteiger partial charge >= 0.3 is 0 Å². The summed E-state index contributed by atoms with van der Waals surface area (Å²) in [4.78, 5) is 0. The van der Waals surface area contributed by atoms with E-state index in [1.54, 1.807) is 0 Å². The molecule has 0 aliphatic carbocycles. The Morgan fingerprint density at radius 1 is 1.47 bits per heavy atom. The van der Waals surface area contributed by atoms with Crippen LogP contribution in [0, 0.1) is 13.8 Å². The lowest BCUT2D eigenvalue weighted by Crippen LogP contribution is -2.22. The molecule has 2 nitrogen and oxygen atoms in total. The van der Waals surface area contributed by atoms with Crippen molar-refractivity contribution in [2.75, 3.05) is 6.54 Å². The number of hydrogen-bond acceptors (Lipinski definition) is 2. The minimum atomic E-state index is 0.423. The lowest BCUT2D eigenvalue weighted by molar-refractivity contribution is 0.461. The lowest BCUT2D eigenvalue weighted by atomic mass is 10.0. The van der Waals surface area contributed by atoms with Crippen LogP contribution in [0.3, 0.4) is 0 Å². The van der Waals surface area contributed by atoms with Crippen LogP contribution >= 0.6 is 0 Å². The van der Waals surface area contributed by atoms with Crippen molar-refractivity contribution >= 4 is 0 Å². The van der Waals surface area contributed by atoms with Crippen LogP contribution in [0.1, 0.15) is 55.7 Å². The number of furan rings is 1. The minimum absolute atomic E-state index is 0.423. The lowest BCUT2D eigenvalue weighted by Gasteiger charge is -2.17. The molecule has 0 amide bonds. The van der Waals surface area contributed by atoms with E-state index >= 15 is 0 Å². The van der Waals surface area contributed by atoms with Gasteiger partial charge in [-0.3, -0.25) is 0 Å². The van der Waals surface area contributed by atoms with Gasteiger partial charge in [-0.15, -0.1) is 6.58 Å². The monoisotopic (exact) mass is 235 g/mol. The molecule has 2 heteroatoms. The first kappa shape index (κ1) is 14.0. The Hall–Kier alpha value is -1.02. The van der Waals surface area contributed by atoms with E-state index in [-0.39, 0.29) is 0 Å². The molecule has 1 unspecified atom stereocenters. The molecule has 0 aromatic carbocycles. The predicted molar refractivity (Wildman–Crippen MR) is 73.3 cm³/mol. The van der Waals surface area contributed by atoms with E-state index in [1.165, 1.54) is 12.0 Å². The molecule has 1 heterocycles. The van der Waals surface area contributed by atoms with E-state index in [0.717, 1.165) is 37.3 Å². The van der Waals surface area contributed by atoms with E-state index in [4.69, 9.17) is 4.42 Å². The van der Waals surface area contributed by atoms with Crippen LogP contribution in [-0.4, -0.2) is 6.54 Å². The first-order chi connectivity index (χ1) is 8.19. The molecular formula is C15H25NO. The van der Waals surface area contributed by atoms with Crippen molar-refractivity contribution in [3.05, 3.63) is 35.8 Å². The average molecular weight is 235 g/mol. The van der Waals surface area contributed by atoms with Crippen LogP contribution in [0.25, 0.3) is 0 Å². The summed E-state index contributed by atoms with van der Waals surface area (Å²) < 4.78 is 5.62. The molecule has 0 bridgehead atoms. The van der Waals surface area contributed by atoms with Crippen molar-refractivity contribution in [1.29, 1.82) is 0 Å². The number of allylic oxidation sites excluding steroid dienone is 1. The smallest absolute Gasteiger partial charge is 0.105 e. The van der Waals surface area contributed by atoms with Crippen LogP contribution < -0.4 is 5.32 Å². The van der Waals surface area contributed by atoms with Gasteiger partial charge in [-0.25, -0.2) is 0 Å². The second-order valence-corrected chi connectivity index (χ2v) is 4.59. The largest absolute Gasteiger partial charge is 0.466 e. The van der Waals surface area contributed by atoms with Gasteiger partial charge in [0.25, 0.3) is 0 Å². The molecule has 0 aliphatic rings. The van der Waals surface area contributed by atoms with Gasteiger partial charge in [-0.05, 0) is 52.1 Å². The summed E-state index contributed by atoms with van der Waals surface area (Å²) in [7, 11) is 0. The quantitative estimate of drug-likeness (QED) is 0.537. The van der Waals surface area contributed by atoms with Gasteiger partial charge in [-0.2, -0.15) is 0 Å². The number of hydrogen-bond donors (Lipinski definition) is 1. The molecular weight excluding hydrogens is 210 g/mol. The molecule has 17 heavy (non-hydrogen) atoms. The third kappa shape index (κ3) is 4.39. The maximum atomic E-state index is 5.62. The van der Waals surface area contributed by atoms with Crippen molar-refractivity contribution in [1.82, 2.24) is 5.32 Å². The van der Waals surface area contributed by atoms with Crippen LogP contribution in [-0.2, 0) is 0 Å². The fourth-order valence-corrected chi connectivity index (χ4v) is 2.15. The van der Waals surface area contributed by atoms with Crippen LogP contribution in [0.2, 0.25) is 0 Å². The molecule has 1 rings (SSSR count). The SMILES string of the molecule is C=CCCCC(NCCC)c1cc(C)oc1C. The van der Waals surface area contributed by atoms with E-state index in [9.17, 15) is 0 Å². The van der Waals surface area contributed by atoms with Crippen LogP contribution in [0.4, 0.5) is 0 Å². The van der Waals surface area contributed by atoms with Crippen molar-refractivity contribution in [3.63, 3.8) is 0 Å². The molecule has 1 aromatic heterocycles. The Kier molecular flexibility index (Phi) is 6.06. The van der Waals surface area contributed by atoms with Gasteiger partial charge in [0.05, 0.1) is 0 Å². The Morgan fingerprint density at radius 3 is 2.76 bits per heavy atom. The van der Waals surface area contributed by atoms with Crippen LogP contribution in [0.5, 0.6) is 0 Å². The highest BCUT2D eigenvalue weighted by Crippen LogP contribution is 2.25. The summed E-state index contributed by atoms with van der Waals surface area (Å²) in [5.74, 6) is 2.05. The van der Waals surface area contributed by atoms with Crippen molar-refractivity contribution < 1.29 is 4.42 Å². The van der Waals surface area contributed by atoms with E-state index < -0.39 is 0 Å². The Morgan fingerprint density at radius 2 is 2.24 bits per heavy atom. The van der Waals surface area contributed by atoms with Gasteiger partial charge in [-0.1, -0.05) is 13.0 Å². The summed E-state index contributed by atoms with van der Waals surface area (Å²) in [5, 5.41) is 3.60. The van der Waals surface area contributed by atoms with E-state index in [1.807, 2.05) is 13.0 Å². The zero-order chi connectivity index (χ0) is 12.7. The summed E-state index contributed by atoms with van der Waals surface area (Å²) in [6, 6.07) is 2.59. The van der Waals surface area contributed by atoms with Crippen molar-refractivity contribution in [2.24, 2.45) is 0 Å². The standard InChI is InChI=1S/C15H25NO/c1-5-7-8-9-15(16-10-6-2)14-11-12(3)17-13(14)4/h5,11,15-16H,1,6-10H2,2-4H3. The highest BCUT2D eigenvalue weighted by molar-refractivity contribution is 5.24. The molecule has 1 N–H and O–H groups in total. The number of unbranched alkanes of at least 4 members (excludes halogenated alkanes) is 1. The highest BCUT2D eigenvalue weighted by Gasteiger charge is 2.15. The Labute approximate surface area is 105 Å². The molecule has 1 aromatic rings. The molecule has 0 radical (unpaired) electrons. The fourth-order valence-electron chi connectivity index (χ4n) is 2.15. The fraction of sp³-hybridized carbons (Fsp3) is 0.600. The van der Waals surface area contributed by atoms with Gasteiger partial charge in [0.2, 0.25) is 0 Å². The third-order valence-electron chi connectivity index (χ3n) is 3.00. The Bertz CT molecular complexity index is 341. The molecule has 0 aliphatic heterocycles. The third-order valence-corrected chi connectivity index (χ3v) is 3.00.